The molecule has 0 aliphatic carbocycles. The lowest BCUT2D eigenvalue weighted by molar-refractivity contribution is 0.160. The van der Waals surface area contributed by atoms with Crippen LogP contribution in [0.2, 0.25) is 0 Å². The lowest BCUT2D eigenvalue weighted by Crippen LogP contribution is -2.44. The Balaban J connectivity index is 1.85. The molecule has 2 fully saturated rings. The van der Waals surface area contributed by atoms with E-state index in [1.54, 1.807) is 0 Å². The minimum atomic E-state index is 0.761. The first-order valence-electron chi connectivity index (χ1n) is 9.53. The molecule has 0 saturated carbocycles. The summed E-state index contributed by atoms with van der Waals surface area (Å²) in [5.74, 6) is 0. The average Bonchev–Trinajstić information content (AvgIpc) is 2.89. The highest BCUT2D eigenvalue weighted by atomic mass is 15.2. The standard InChI is InChI=1S/C18H37N3/c1-3-5-14-21(16-17-8-6-11-19-17)18-9-7-13-20(12-4-2)15-10-18/h17-19H,3-16H2,1-2H3. The van der Waals surface area contributed by atoms with Gasteiger partial charge in [0.1, 0.15) is 0 Å². The summed E-state index contributed by atoms with van der Waals surface area (Å²) in [5.41, 5.74) is 0. The molecule has 0 amide bonds. The smallest absolute Gasteiger partial charge is 0.0195 e. The van der Waals surface area contributed by atoms with Gasteiger partial charge in [0, 0.05) is 18.6 Å². The third-order valence-electron chi connectivity index (χ3n) is 5.26. The van der Waals surface area contributed by atoms with Gasteiger partial charge < -0.3 is 10.2 Å². The molecule has 3 nitrogen and oxygen atoms in total. The van der Waals surface area contributed by atoms with Gasteiger partial charge >= 0.3 is 0 Å². The summed E-state index contributed by atoms with van der Waals surface area (Å²) in [6.45, 7) is 12.4. The number of hydrogen-bond donors (Lipinski definition) is 1. The van der Waals surface area contributed by atoms with E-state index >= 15 is 0 Å². The van der Waals surface area contributed by atoms with Gasteiger partial charge in [-0.25, -0.2) is 0 Å². The molecule has 0 aromatic carbocycles. The van der Waals surface area contributed by atoms with Crippen LogP contribution >= 0.6 is 0 Å². The van der Waals surface area contributed by atoms with Crippen molar-refractivity contribution < 1.29 is 0 Å². The zero-order valence-electron chi connectivity index (χ0n) is 14.4. The van der Waals surface area contributed by atoms with Crippen molar-refractivity contribution in [3.8, 4) is 0 Å². The number of nitrogens with zero attached hydrogens (tertiary/aromatic N) is 2. The predicted molar refractivity (Wildman–Crippen MR) is 91.9 cm³/mol. The number of hydrogen-bond acceptors (Lipinski definition) is 3. The van der Waals surface area contributed by atoms with Gasteiger partial charge in [0.2, 0.25) is 0 Å². The highest BCUT2D eigenvalue weighted by Gasteiger charge is 2.25. The van der Waals surface area contributed by atoms with Crippen LogP contribution in [0.3, 0.4) is 0 Å². The van der Waals surface area contributed by atoms with Crippen molar-refractivity contribution in [1.82, 2.24) is 15.1 Å². The van der Waals surface area contributed by atoms with Gasteiger partial charge in [-0.1, -0.05) is 20.3 Å². The number of unbranched alkanes of at least 4 members (excludes halogenated alkanes) is 1. The molecule has 2 saturated heterocycles. The second-order valence-electron chi connectivity index (χ2n) is 7.07. The van der Waals surface area contributed by atoms with E-state index in [4.69, 9.17) is 0 Å². The topological polar surface area (TPSA) is 18.5 Å². The Morgan fingerprint density at radius 3 is 2.67 bits per heavy atom. The molecular formula is C18H37N3. The lowest BCUT2D eigenvalue weighted by Gasteiger charge is -2.33. The van der Waals surface area contributed by atoms with Gasteiger partial charge in [-0.05, 0) is 77.7 Å². The van der Waals surface area contributed by atoms with Crippen LogP contribution in [0.4, 0.5) is 0 Å². The normalized spacial score (nSPS) is 28.1. The van der Waals surface area contributed by atoms with E-state index < -0.39 is 0 Å². The maximum atomic E-state index is 3.70. The second-order valence-corrected chi connectivity index (χ2v) is 7.07. The van der Waals surface area contributed by atoms with Gasteiger partial charge in [0.15, 0.2) is 0 Å². The molecule has 2 heterocycles. The monoisotopic (exact) mass is 295 g/mol. The fraction of sp³-hybridized carbons (Fsp3) is 1.00. The van der Waals surface area contributed by atoms with Crippen molar-refractivity contribution in [2.75, 3.05) is 39.3 Å². The second kappa shape index (κ2) is 9.81. The Morgan fingerprint density at radius 1 is 1.05 bits per heavy atom. The van der Waals surface area contributed by atoms with Crippen LogP contribution in [-0.2, 0) is 0 Å². The van der Waals surface area contributed by atoms with Crippen LogP contribution in [0, 0.1) is 0 Å². The first-order chi connectivity index (χ1) is 10.3. The minimum Gasteiger partial charge on any atom is -0.313 e. The molecule has 2 aliphatic rings. The summed E-state index contributed by atoms with van der Waals surface area (Å²) in [4.78, 5) is 5.52. The van der Waals surface area contributed by atoms with Crippen LogP contribution in [0.25, 0.3) is 0 Å². The molecule has 3 heteroatoms. The van der Waals surface area contributed by atoms with Crippen LogP contribution in [-0.4, -0.2) is 61.2 Å². The number of rotatable bonds is 8. The Labute approximate surface area is 132 Å². The van der Waals surface area contributed by atoms with Crippen molar-refractivity contribution in [3.63, 3.8) is 0 Å². The quantitative estimate of drug-likeness (QED) is 0.742. The summed E-state index contributed by atoms with van der Waals surface area (Å²) < 4.78 is 0. The summed E-state index contributed by atoms with van der Waals surface area (Å²) in [5, 5.41) is 3.70. The molecule has 1 N–H and O–H groups in total. The van der Waals surface area contributed by atoms with E-state index in [2.05, 4.69) is 29.0 Å². The van der Waals surface area contributed by atoms with Gasteiger partial charge in [0.25, 0.3) is 0 Å². The van der Waals surface area contributed by atoms with Gasteiger partial charge in [0.05, 0.1) is 0 Å². The summed E-state index contributed by atoms with van der Waals surface area (Å²) in [6, 6.07) is 1.60. The molecule has 2 unspecified atom stereocenters. The minimum absolute atomic E-state index is 0.761. The molecule has 2 rings (SSSR count). The van der Waals surface area contributed by atoms with E-state index in [0.717, 1.165) is 12.1 Å². The van der Waals surface area contributed by atoms with Crippen molar-refractivity contribution >= 4 is 0 Å². The van der Waals surface area contributed by atoms with Crippen LogP contribution in [0.15, 0.2) is 0 Å². The first kappa shape index (κ1) is 17.2. The molecule has 21 heavy (non-hydrogen) atoms. The zero-order valence-corrected chi connectivity index (χ0v) is 14.4. The molecule has 0 aromatic heterocycles. The Kier molecular flexibility index (Phi) is 8.05. The highest BCUT2D eigenvalue weighted by molar-refractivity contribution is 4.83. The molecule has 0 spiro atoms. The van der Waals surface area contributed by atoms with E-state index in [9.17, 15) is 0 Å². The van der Waals surface area contributed by atoms with Crippen molar-refractivity contribution in [3.05, 3.63) is 0 Å². The third kappa shape index (κ3) is 5.88. The summed E-state index contributed by atoms with van der Waals surface area (Å²) >= 11 is 0. The zero-order chi connectivity index (χ0) is 14.9. The van der Waals surface area contributed by atoms with Gasteiger partial charge in [-0.2, -0.15) is 0 Å². The molecule has 0 radical (unpaired) electrons. The van der Waals surface area contributed by atoms with Gasteiger partial charge in [-0.15, -0.1) is 0 Å². The average molecular weight is 296 g/mol. The Morgan fingerprint density at radius 2 is 1.95 bits per heavy atom. The Bertz CT molecular complexity index is 263. The fourth-order valence-corrected chi connectivity index (χ4v) is 4.02. The number of nitrogens with one attached hydrogen (secondary N) is 1. The maximum absolute atomic E-state index is 3.70. The van der Waals surface area contributed by atoms with E-state index in [0.29, 0.717) is 0 Å². The highest BCUT2D eigenvalue weighted by Crippen LogP contribution is 2.19. The molecule has 124 valence electrons. The third-order valence-corrected chi connectivity index (χ3v) is 5.26. The van der Waals surface area contributed by atoms with Crippen LogP contribution in [0.1, 0.15) is 65.2 Å². The Hall–Kier alpha value is -0.120. The van der Waals surface area contributed by atoms with Crippen molar-refractivity contribution in [2.24, 2.45) is 0 Å². The summed E-state index contributed by atoms with van der Waals surface area (Å²) in [6.07, 6.45) is 10.9. The van der Waals surface area contributed by atoms with Crippen molar-refractivity contribution in [1.29, 1.82) is 0 Å². The molecule has 0 aromatic rings. The molecule has 0 bridgehead atoms. The van der Waals surface area contributed by atoms with E-state index in [-0.39, 0.29) is 0 Å². The molecule has 2 atom stereocenters. The maximum Gasteiger partial charge on any atom is 0.0195 e. The number of likely N-dealkylation sites (tertiary alicyclic amines) is 1. The van der Waals surface area contributed by atoms with Gasteiger partial charge in [-0.3, -0.25) is 4.90 Å². The summed E-state index contributed by atoms with van der Waals surface area (Å²) in [7, 11) is 0. The van der Waals surface area contributed by atoms with Crippen LogP contribution in [0.5, 0.6) is 0 Å². The first-order valence-corrected chi connectivity index (χ1v) is 9.53. The SMILES string of the molecule is CCCCN(CC1CCCN1)C1CCCN(CCC)CC1. The largest absolute Gasteiger partial charge is 0.313 e. The van der Waals surface area contributed by atoms with E-state index in [1.165, 1.54) is 90.6 Å². The van der Waals surface area contributed by atoms with Crippen LogP contribution < -0.4 is 5.32 Å². The fourth-order valence-electron chi connectivity index (χ4n) is 4.02. The predicted octanol–water partition coefficient (Wildman–Crippen LogP) is 3.11. The lowest BCUT2D eigenvalue weighted by atomic mass is 10.1. The van der Waals surface area contributed by atoms with Crippen molar-refractivity contribution in [2.45, 2.75) is 77.3 Å². The van der Waals surface area contributed by atoms with E-state index in [1.807, 2.05) is 0 Å². The molecular weight excluding hydrogens is 258 g/mol. The molecule has 2 aliphatic heterocycles.